The number of benzene rings is 2. The number of sulfonamides is 1. The quantitative estimate of drug-likeness (QED) is 0.433. The van der Waals surface area contributed by atoms with Crippen molar-refractivity contribution in [2.24, 2.45) is 5.92 Å². The molecular weight excluding hydrogens is 486 g/mol. The largest absolute Gasteiger partial charge is 0.497 e. The fourth-order valence-corrected chi connectivity index (χ4v) is 5.59. The third-order valence-electron chi connectivity index (χ3n) is 6.17. The molecule has 11 heteroatoms. The average molecular weight is 520 g/mol. The molecule has 0 saturated carbocycles. The van der Waals surface area contributed by atoms with Crippen LogP contribution < -0.4 is 20.1 Å². The lowest BCUT2D eigenvalue weighted by molar-refractivity contribution is -0.124. The van der Waals surface area contributed by atoms with Crippen molar-refractivity contribution in [2.75, 3.05) is 47.6 Å². The van der Waals surface area contributed by atoms with Crippen molar-refractivity contribution in [1.82, 2.24) is 14.9 Å². The minimum atomic E-state index is -3.69. The van der Waals surface area contributed by atoms with Crippen LogP contribution in [0.4, 0.5) is 0 Å². The van der Waals surface area contributed by atoms with Crippen LogP contribution in [0.1, 0.15) is 23.2 Å². The third-order valence-corrected chi connectivity index (χ3v) is 8.09. The van der Waals surface area contributed by atoms with Crippen LogP contribution in [0.25, 0.3) is 0 Å². The lowest BCUT2D eigenvalue weighted by Gasteiger charge is -2.35. The van der Waals surface area contributed by atoms with Gasteiger partial charge in [0.15, 0.2) is 0 Å². The summed E-state index contributed by atoms with van der Waals surface area (Å²) in [5.41, 5.74) is 0.364. The van der Waals surface area contributed by atoms with Gasteiger partial charge in [-0.25, -0.2) is 8.42 Å². The van der Waals surface area contributed by atoms with Gasteiger partial charge in [0.2, 0.25) is 15.9 Å². The minimum absolute atomic E-state index is 0.182. The van der Waals surface area contributed by atoms with Gasteiger partial charge >= 0.3 is 0 Å². The van der Waals surface area contributed by atoms with Gasteiger partial charge in [-0.1, -0.05) is 6.07 Å². The maximum atomic E-state index is 13.1. The number of piperidine rings is 1. The third kappa shape index (κ3) is 6.74. The Morgan fingerprint density at radius 3 is 2.28 bits per heavy atom. The molecule has 2 aromatic carbocycles. The van der Waals surface area contributed by atoms with E-state index in [4.69, 9.17) is 14.2 Å². The van der Waals surface area contributed by atoms with Gasteiger partial charge in [-0.05, 0) is 61.2 Å². The molecule has 0 spiro atoms. The first-order chi connectivity index (χ1) is 17.3. The van der Waals surface area contributed by atoms with E-state index in [0.29, 0.717) is 43.1 Å². The second-order valence-corrected chi connectivity index (χ2v) is 10.3. The van der Waals surface area contributed by atoms with Gasteiger partial charge < -0.3 is 24.8 Å². The summed E-state index contributed by atoms with van der Waals surface area (Å²) in [6.07, 6.45) is 0.826. The average Bonchev–Trinajstić information content (AvgIpc) is 2.91. The van der Waals surface area contributed by atoms with E-state index >= 15 is 0 Å². The van der Waals surface area contributed by atoms with Gasteiger partial charge in [0, 0.05) is 32.3 Å². The van der Waals surface area contributed by atoms with Crippen molar-refractivity contribution in [3.63, 3.8) is 0 Å². The van der Waals surface area contributed by atoms with Crippen molar-refractivity contribution in [1.29, 1.82) is 0 Å². The van der Waals surface area contributed by atoms with Crippen LogP contribution in [0.5, 0.6) is 11.5 Å². The SMILES string of the molecule is COCCNC(=O)C(NC(=O)c1cccc(OC)c1)C1CCN(S(=O)(=O)c2ccc(OC)cc2)CC1. The van der Waals surface area contributed by atoms with Gasteiger partial charge in [-0.15, -0.1) is 0 Å². The van der Waals surface area contributed by atoms with Gasteiger partial charge in [-0.3, -0.25) is 9.59 Å². The van der Waals surface area contributed by atoms with E-state index in [9.17, 15) is 18.0 Å². The Morgan fingerprint density at radius 1 is 1.00 bits per heavy atom. The highest BCUT2D eigenvalue weighted by Gasteiger charge is 2.36. The minimum Gasteiger partial charge on any atom is -0.497 e. The maximum Gasteiger partial charge on any atom is 0.252 e. The summed E-state index contributed by atoms with van der Waals surface area (Å²) in [6.45, 7) is 1.10. The predicted molar refractivity (Wildman–Crippen MR) is 134 cm³/mol. The number of ether oxygens (including phenoxy) is 3. The second kappa shape index (κ2) is 12.7. The van der Waals surface area contributed by atoms with Crippen LogP contribution in [0.15, 0.2) is 53.4 Å². The topological polar surface area (TPSA) is 123 Å². The molecule has 10 nitrogen and oxygen atoms in total. The Hall–Kier alpha value is -3.15. The van der Waals surface area contributed by atoms with Crippen molar-refractivity contribution in [2.45, 2.75) is 23.8 Å². The van der Waals surface area contributed by atoms with Crippen LogP contribution in [0.3, 0.4) is 0 Å². The summed E-state index contributed by atoms with van der Waals surface area (Å²) in [4.78, 5) is 26.2. The number of carbonyl (C=O) groups excluding carboxylic acids is 2. The maximum absolute atomic E-state index is 13.1. The van der Waals surface area contributed by atoms with E-state index in [1.165, 1.54) is 37.8 Å². The molecule has 1 saturated heterocycles. The first-order valence-electron chi connectivity index (χ1n) is 11.7. The number of methoxy groups -OCH3 is 3. The van der Waals surface area contributed by atoms with E-state index < -0.39 is 22.0 Å². The smallest absolute Gasteiger partial charge is 0.252 e. The number of amides is 2. The Balaban J connectivity index is 1.72. The van der Waals surface area contributed by atoms with E-state index in [1.54, 1.807) is 36.4 Å². The van der Waals surface area contributed by atoms with Crippen LogP contribution in [0, 0.1) is 5.92 Å². The summed E-state index contributed by atoms with van der Waals surface area (Å²) >= 11 is 0. The zero-order valence-electron chi connectivity index (χ0n) is 20.7. The van der Waals surface area contributed by atoms with E-state index in [0.717, 1.165) is 0 Å². The van der Waals surface area contributed by atoms with E-state index in [-0.39, 0.29) is 29.8 Å². The molecule has 0 bridgehead atoms. The molecule has 1 atom stereocenters. The molecule has 2 amide bonds. The molecule has 3 rings (SSSR count). The van der Waals surface area contributed by atoms with Crippen LogP contribution in [0.2, 0.25) is 0 Å². The number of nitrogens with one attached hydrogen (secondary N) is 2. The lowest BCUT2D eigenvalue weighted by Crippen LogP contribution is -2.54. The first-order valence-corrected chi connectivity index (χ1v) is 13.1. The van der Waals surface area contributed by atoms with Crippen LogP contribution >= 0.6 is 0 Å². The Morgan fingerprint density at radius 2 is 1.67 bits per heavy atom. The highest BCUT2D eigenvalue weighted by atomic mass is 32.2. The molecule has 2 aromatic rings. The molecule has 0 aliphatic carbocycles. The molecular formula is C25H33N3O7S. The standard InChI is InChI=1S/C25H33N3O7S/c1-33-16-13-26-25(30)23(27-24(29)19-5-4-6-21(17-19)35-3)18-11-14-28(15-12-18)36(31,32)22-9-7-20(34-2)8-10-22/h4-10,17-18,23H,11-16H2,1-3H3,(H,26,30)(H,27,29). The van der Waals surface area contributed by atoms with Crippen molar-refractivity contribution in [3.05, 3.63) is 54.1 Å². The summed E-state index contributed by atoms with van der Waals surface area (Å²) in [5.74, 6) is 0.112. The molecule has 1 unspecified atom stereocenters. The molecule has 36 heavy (non-hydrogen) atoms. The number of nitrogens with zero attached hydrogens (tertiary/aromatic N) is 1. The molecule has 0 aromatic heterocycles. The molecule has 1 fully saturated rings. The molecule has 1 heterocycles. The Labute approximate surface area is 212 Å². The number of rotatable bonds is 11. The fourth-order valence-electron chi connectivity index (χ4n) is 4.12. The van der Waals surface area contributed by atoms with Crippen molar-refractivity contribution < 1.29 is 32.2 Å². The Kier molecular flexibility index (Phi) is 9.68. The molecule has 196 valence electrons. The number of carbonyl (C=O) groups is 2. The molecule has 1 aliphatic heterocycles. The summed E-state index contributed by atoms with van der Waals surface area (Å²) in [5, 5.41) is 5.64. The van der Waals surface area contributed by atoms with Crippen LogP contribution in [-0.4, -0.2) is 78.1 Å². The van der Waals surface area contributed by atoms with Crippen molar-refractivity contribution in [3.8, 4) is 11.5 Å². The predicted octanol–water partition coefficient (Wildman–Crippen LogP) is 1.67. The van der Waals surface area contributed by atoms with Gasteiger partial charge in [0.25, 0.3) is 5.91 Å². The zero-order valence-corrected chi connectivity index (χ0v) is 21.5. The molecule has 2 N–H and O–H groups in total. The highest BCUT2D eigenvalue weighted by Crippen LogP contribution is 2.27. The summed E-state index contributed by atoms with van der Waals surface area (Å²) in [6, 6.07) is 12.1. The molecule has 1 aliphatic rings. The molecule has 0 radical (unpaired) electrons. The van der Waals surface area contributed by atoms with Gasteiger partial charge in [0.05, 0.1) is 25.7 Å². The number of hydrogen-bond donors (Lipinski definition) is 2. The summed E-state index contributed by atoms with van der Waals surface area (Å²) < 4.78 is 42.9. The van der Waals surface area contributed by atoms with E-state index in [2.05, 4.69) is 10.6 Å². The fraction of sp³-hybridized carbons (Fsp3) is 0.440. The summed E-state index contributed by atoms with van der Waals surface area (Å²) in [7, 11) is 0.874. The Bertz CT molecular complexity index is 1130. The van der Waals surface area contributed by atoms with Gasteiger partial charge in [-0.2, -0.15) is 4.31 Å². The first kappa shape index (κ1) is 27.4. The monoisotopic (exact) mass is 519 g/mol. The van der Waals surface area contributed by atoms with Crippen LogP contribution in [-0.2, 0) is 19.6 Å². The van der Waals surface area contributed by atoms with E-state index in [1.807, 2.05) is 0 Å². The highest BCUT2D eigenvalue weighted by molar-refractivity contribution is 7.89. The normalized spacial score (nSPS) is 15.6. The van der Waals surface area contributed by atoms with Gasteiger partial charge in [0.1, 0.15) is 17.5 Å². The van der Waals surface area contributed by atoms with Crippen molar-refractivity contribution >= 4 is 21.8 Å². The number of hydrogen-bond acceptors (Lipinski definition) is 7. The zero-order chi connectivity index (χ0) is 26.1. The lowest BCUT2D eigenvalue weighted by atomic mass is 9.89. The second-order valence-electron chi connectivity index (χ2n) is 8.38.